The summed E-state index contributed by atoms with van der Waals surface area (Å²) < 4.78 is 5.47. The number of carbonyl (C=O) groups is 3. The Labute approximate surface area is 248 Å². The van der Waals surface area contributed by atoms with Gasteiger partial charge in [0.1, 0.15) is 17.7 Å². The van der Waals surface area contributed by atoms with Crippen LogP contribution in [0.4, 0.5) is 10.5 Å². The fourth-order valence-corrected chi connectivity index (χ4v) is 4.99. The topological polar surface area (TPSA) is 87.7 Å². The number of nitrogens with one attached hydrogen (secondary N) is 2. The molecular formula is C31H44ClN3O4S. The van der Waals surface area contributed by atoms with E-state index in [1.807, 2.05) is 56.5 Å². The minimum Gasteiger partial charge on any atom is -0.444 e. The van der Waals surface area contributed by atoms with Crippen molar-refractivity contribution in [2.75, 3.05) is 23.9 Å². The molecule has 0 aromatic heterocycles. The molecule has 220 valence electrons. The van der Waals surface area contributed by atoms with Gasteiger partial charge in [-0.2, -0.15) is 11.8 Å². The number of alkyl carbamates (subject to hydrolysis) is 1. The van der Waals surface area contributed by atoms with E-state index < -0.39 is 23.8 Å². The molecule has 2 rings (SSSR count). The molecule has 2 N–H and O–H groups in total. The molecule has 0 aliphatic heterocycles. The number of benzene rings is 2. The molecule has 2 unspecified atom stereocenters. The Morgan fingerprint density at radius 1 is 1.05 bits per heavy atom. The number of para-hydroxylation sites is 1. The summed E-state index contributed by atoms with van der Waals surface area (Å²) in [5.41, 5.74) is 2.33. The Hall–Kier alpha value is -2.71. The van der Waals surface area contributed by atoms with E-state index in [2.05, 4.69) is 17.6 Å². The molecule has 3 amide bonds. The Bertz CT molecular complexity index is 1110. The molecule has 0 fully saturated rings. The summed E-state index contributed by atoms with van der Waals surface area (Å²) in [6.45, 7) is 11.6. The molecule has 0 heterocycles. The van der Waals surface area contributed by atoms with Crippen molar-refractivity contribution in [3.05, 3.63) is 64.2 Å². The lowest BCUT2D eigenvalue weighted by molar-refractivity contribution is -0.141. The fraction of sp³-hybridized carbons (Fsp3) is 0.516. The predicted molar refractivity (Wildman–Crippen MR) is 166 cm³/mol. The van der Waals surface area contributed by atoms with Gasteiger partial charge in [0, 0.05) is 6.54 Å². The van der Waals surface area contributed by atoms with Gasteiger partial charge >= 0.3 is 6.09 Å². The van der Waals surface area contributed by atoms with E-state index >= 15 is 0 Å². The van der Waals surface area contributed by atoms with E-state index in [1.54, 1.807) is 43.5 Å². The van der Waals surface area contributed by atoms with Crippen molar-refractivity contribution in [1.82, 2.24) is 10.2 Å². The third-order valence-electron chi connectivity index (χ3n) is 6.31. The molecular weight excluding hydrogens is 546 g/mol. The highest BCUT2D eigenvalue weighted by atomic mass is 35.5. The molecule has 0 bridgehead atoms. The van der Waals surface area contributed by atoms with Gasteiger partial charge in [-0.3, -0.25) is 9.59 Å². The number of rotatable bonds is 13. The zero-order valence-corrected chi connectivity index (χ0v) is 26.4. The minimum absolute atomic E-state index is 0.326. The number of carbonyl (C=O) groups excluding carboxylic acids is 3. The maximum Gasteiger partial charge on any atom is 0.408 e. The van der Waals surface area contributed by atoms with Crippen molar-refractivity contribution < 1.29 is 19.1 Å². The van der Waals surface area contributed by atoms with Crippen LogP contribution >= 0.6 is 23.4 Å². The molecule has 0 spiro atoms. The van der Waals surface area contributed by atoms with Gasteiger partial charge in [-0.25, -0.2) is 4.79 Å². The Balaban J connectivity index is 2.55. The number of aryl methyl sites for hydroxylation is 2. The zero-order valence-electron chi connectivity index (χ0n) is 24.8. The number of nitrogens with zero attached hydrogens (tertiary/aromatic N) is 1. The van der Waals surface area contributed by atoms with Crippen LogP contribution in [-0.2, 0) is 14.3 Å². The molecule has 0 saturated carbocycles. The normalized spacial score (nSPS) is 12.8. The fourth-order valence-electron chi connectivity index (χ4n) is 4.25. The number of hydrogen-bond donors (Lipinski definition) is 2. The molecule has 2 aromatic rings. The van der Waals surface area contributed by atoms with Crippen molar-refractivity contribution in [3.63, 3.8) is 0 Å². The van der Waals surface area contributed by atoms with Crippen LogP contribution in [0.3, 0.4) is 0 Å². The van der Waals surface area contributed by atoms with Gasteiger partial charge in [0.2, 0.25) is 5.91 Å². The zero-order chi connectivity index (χ0) is 29.9. The first-order valence-electron chi connectivity index (χ1n) is 13.8. The van der Waals surface area contributed by atoms with Crippen LogP contribution in [0.2, 0.25) is 5.02 Å². The van der Waals surface area contributed by atoms with Crippen LogP contribution in [0.15, 0.2) is 42.5 Å². The second kappa shape index (κ2) is 15.9. The van der Waals surface area contributed by atoms with E-state index in [4.69, 9.17) is 16.3 Å². The molecule has 9 heteroatoms. The Morgan fingerprint density at radius 3 is 2.30 bits per heavy atom. The van der Waals surface area contributed by atoms with Gasteiger partial charge in [0.05, 0.1) is 10.7 Å². The van der Waals surface area contributed by atoms with Gasteiger partial charge in [0.25, 0.3) is 5.91 Å². The molecule has 2 atom stereocenters. The molecule has 0 aliphatic rings. The average molecular weight is 590 g/mol. The molecule has 0 radical (unpaired) electrons. The first-order chi connectivity index (χ1) is 18.9. The summed E-state index contributed by atoms with van der Waals surface area (Å²) >= 11 is 8.03. The molecule has 40 heavy (non-hydrogen) atoms. The van der Waals surface area contributed by atoms with Gasteiger partial charge in [-0.1, -0.05) is 73.3 Å². The summed E-state index contributed by atoms with van der Waals surface area (Å²) in [6.07, 6.45) is 4.24. The van der Waals surface area contributed by atoms with Crippen molar-refractivity contribution in [2.45, 2.75) is 84.9 Å². The highest BCUT2D eigenvalue weighted by Gasteiger charge is 2.36. The van der Waals surface area contributed by atoms with E-state index in [-0.39, 0.29) is 11.8 Å². The van der Waals surface area contributed by atoms with Crippen LogP contribution in [0.25, 0.3) is 0 Å². The number of ether oxygens (including phenoxy) is 1. The second-order valence-electron chi connectivity index (χ2n) is 11.0. The van der Waals surface area contributed by atoms with Crippen molar-refractivity contribution in [3.8, 4) is 0 Å². The minimum atomic E-state index is -0.933. The Morgan fingerprint density at radius 2 is 1.73 bits per heavy atom. The number of halogens is 1. The maximum absolute atomic E-state index is 14.3. The lowest BCUT2D eigenvalue weighted by Crippen LogP contribution is -2.52. The quantitative estimate of drug-likeness (QED) is 0.239. The summed E-state index contributed by atoms with van der Waals surface area (Å²) in [4.78, 5) is 42.6. The summed E-state index contributed by atoms with van der Waals surface area (Å²) in [7, 11) is 0. The highest BCUT2D eigenvalue weighted by molar-refractivity contribution is 7.98. The van der Waals surface area contributed by atoms with E-state index in [9.17, 15) is 14.4 Å². The van der Waals surface area contributed by atoms with Crippen molar-refractivity contribution >= 4 is 47.0 Å². The smallest absolute Gasteiger partial charge is 0.408 e. The first kappa shape index (κ1) is 33.5. The van der Waals surface area contributed by atoms with E-state index in [0.29, 0.717) is 41.4 Å². The standard InChI is InChI=1S/C31H44ClN3O4S/c1-8-9-10-19-35(29(37)25(18-20-40-7)33-30(38)39-31(4,5)6)27(23-16-14-21(2)15-17-23)28(36)34-26-22(3)12-11-13-24(26)32/h11-17,25,27H,8-10,18-20H2,1-7H3,(H,33,38)(H,34,36). The number of anilines is 1. The van der Waals surface area contributed by atoms with Crippen molar-refractivity contribution in [2.24, 2.45) is 0 Å². The van der Waals surface area contributed by atoms with Crippen LogP contribution in [-0.4, -0.2) is 53.0 Å². The third-order valence-corrected chi connectivity index (χ3v) is 7.27. The van der Waals surface area contributed by atoms with Crippen LogP contribution in [0.1, 0.15) is 76.1 Å². The van der Waals surface area contributed by atoms with Crippen molar-refractivity contribution in [1.29, 1.82) is 0 Å². The third kappa shape index (κ3) is 10.4. The maximum atomic E-state index is 14.3. The predicted octanol–water partition coefficient (Wildman–Crippen LogP) is 7.30. The summed E-state index contributed by atoms with van der Waals surface area (Å²) in [6, 6.07) is 11.2. The number of thioether (sulfide) groups is 1. The second-order valence-corrected chi connectivity index (χ2v) is 12.3. The molecule has 0 saturated heterocycles. The summed E-state index contributed by atoms with van der Waals surface area (Å²) in [5, 5.41) is 6.19. The molecule has 0 aliphatic carbocycles. The number of unbranched alkanes of at least 4 members (excludes halogenated alkanes) is 2. The number of amides is 3. The summed E-state index contributed by atoms with van der Waals surface area (Å²) in [5.74, 6) is -0.0479. The van der Waals surface area contributed by atoms with Crippen LogP contribution < -0.4 is 10.6 Å². The van der Waals surface area contributed by atoms with E-state index in [1.165, 1.54) is 0 Å². The first-order valence-corrected chi connectivity index (χ1v) is 15.6. The highest BCUT2D eigenvalue weighted by Crippen LogP contribution is 2.30. The number of hydrogen-bond acceptors (Lipinski definition) is 5. The average Bonchev–Trinajstić information content (AvgIpc) is 2.87. The van der Waals surface area contributed by atoms with Gasteiger partial charge in [0.15, 0.2) is 0 Å². The largest absolute Gasteiger partial charge is 0.444 e. The SMILES string of the molecule is CCCCCN(C(=O)C(CCSC)NC(=O)OC(C)(C)C)C(C(=O)Nc1c(C)cccc1Cl)c1ccc(C)cc1. The van der Waals surface area contributed by atoms with Crippen LogP contribution in [0.5, 0.6) is 0 Å². The van der Waals surface area contributed by atoms with Gasteiger partial charge in [-0.15, -0.1) is 0 Å². The van der Waals surface area contributed by atoms with Crippen LogP contribution in [0, 0.1) is 13.8 Å². The molecule has 2 aromatic carbocycles. The Kier molecular flexibility index (Phi) is 13.3. The van der Waals surface area contributed by atoms with E-state index in [0.717, 1.165) is 24.0 Å². The van der Waals surface area contributed by atoms with Gasteiger partial charge in [-0.05, 0) is 76.7 Å². The lowest BCUT2D eigenvalue weighted by atomic mass is 10.00. The lowest BCUT2D eigenvalue weighted by Gasteiger charge is -2.35. The van der Waals surface area contributed by atoms with Gasteiger partial charge < -0.3 is 20.3 Å². The monoisotopic (exact) mass is 589 g/mol. The molecule has 7 nitrogen and oxygen atoms in total.